The van der Waals surface area contributed by atoms with Crippen LogP contribution in [0.5, 0.6) is 11.5 Å². The van der Waals surface area contributed by atoms with Crippen molar-refractivity contribution in [1.29, 1.82) is 0 Å². The number of unbranched alkanes of at least 4 members (excludes halogenated alkanes) is 9. The summed E-state index contributed by atoms with van der Waals surface area (Å²) in [7, 11) is 0. The zero-order valence-corrected chi connectivity index (χ0v) is 23.7. The van der Waals surface area contributed by atoms with Crippen LogP contribution in [0.1, 0.15) is 104 Å². The minimum atomic E-state index is -0.895. The smallest absolute Gasteiger partial charge is 0.291 e. The number of phenols is 1. The van der Waals surface area contributed by atoms with Crippen LogP contribution >= 0.6 is 11.6 Å². The highest BCUT2D eigenvalue weighted by Gasteiger charge is 2.28. The number of amides is 1. The van der Waals surface area contributed by atoms with E-state index in [9.17, 15) is 15.1 Å². The lowest BCUT2D eigenvalue weighted by atomic mass is 9.86. The number of halogens is 1. The van der Waals surface area contributed by atoms with Crippen LogP contribution in [0.2, 0.25) is 5.02 Å². The molecule has 4 N–H and O–H groups in total. The minimum Gasteiger partial charge on any atom is -0.508 e. The molecule has 37 heavy (non-hydrogen) atoms. The molecule has 7 heteroatoms. The van der Waals surface area contributed by atoms with Gasteiger partial charge in [0.05, 0.1) is 16.4 Å². The standard InChI is InChI=1S/C30H45ClN2O4/c1-5-6-7-8-9-10-11-12-13-14-15-28(29(35)33(36)22-16-18-25(31)26(32)20-22)37-23-17-19-27(34)24(21-23)30(2,3)4/h16-21,28,34,36H,5-15,32H2,1-4H3. The van der Waals surface area contributed by atoms with Gasteiger partial charge in [0.1, 0.15) is 11.5 Å². The molecule has 0 fully saturated rings. The van der Waals surface area contributed by atoms with Crippen molar-refractivity contribution in [2.45, 2.75) is 110 Å². The molecule has 6 nitrogen and oxygen atoms in total. The number of hydrogen-bond acceptors (Lipinski definition) is 5. The van der Waals surface area contributed by atoms with Gasteiger partial charge in [-0.15, -0.1) is 0 Å². The third-order valence-corrected chi connectivity index (χ3v) is 6.93. The first-order valence-electron chi connectivity index (χ1n) is 13.6. The van der Waals surface area contributed by atoms with Crippen LogP contribution in [0.25, 0.3) is 0 Å². The number of ether oxygens (including phenoxy) is 1. The number of hydroxylamine groups is 1. The van der Waals surface area contributed by atoms with Gasteiger partial charge in [0.2, 0.25) is 0 Å². The van der Waals surface area contributed by atoms with Gasteiger partial charge in [-0.25, -0.2) is 0 Å². The summed E-state index contributed by atoms with van der Waals surface area (Å²) in [5.74, 6) is 0.0676. The normalized spacial score (nSPS) is 12.4. The van der Waals surface area contributed by atoms with E-state index in [1.54, 1.807) is 18.2 Å². The highest BCUT2D eigenvalue weighted by Crippen LogP contribution is 2.34. The number of nitrogen functional groups attached to an aromatic ring is 1. The van der Waals surface area contributed by atoms with E-state index >= 15 is 0 Å². The summed E-state index contributed by atoms with van der Waals surface area (Å²) in [6.07, 6.45) is 11.4. The predicted molar refractivity (Wildman–Crippen MR) is 153 cm³/mol. The molecule has 0 aliphatic heterocycles. The second-order valence-electron chi connectivity index (χ2n) is 10.9. The lowest BCUT2D eigenvalue weighted by molar-refractivity contribution is -0.131. The summed E-state index contributed by atoms with van der Waals surface area (Å²) in [5, 5.41) is 21.9. The molecule has 0 radical (unpaired) electrons. The van der Waals surface area contributed by atoms with E-state index in [1.165, 1.54) is 63.1 Å². The first-order chi connectivity index (χ1) is 17.5. The average Bonchev–Trinajstić information content (AvgIpc) is 2.85. The van der Waals surface area contributed by atoms with Gasteiger partial charge in [-0.3, -0.25) is 10.0 Å². The fraction of sp³-hybridized carbons (Fsp3) is 0.567. The fourth-order valence-corrected chi connectivity index (χ4v) is 4.45. The lowest BCUT2D eigenvalue weighted by Gasteiger charge is -2.25. The Kier molecular flexibility index (Phi) is 12.6. The Bertz CT molecular complexity index is 990. The van der Waals surface area contributed by atoms with Gasteiger partial charge in [0.25, 0.3) is 5.91 Å². The molecule has 206 valence electrons. The number of carbonyl (C=O) groups is 1. The van der Waals surface area contributed by atoms with Crippen LogP contribution in [-0.4, -0.2) is 22.3 Å². The topological polar surface area (TPSA) is 96.0 Å². The van der Waals surface area contributed by atoms with E-state index in [2.05, 4.69) is 6.92 Å². The number of nitrogens with two attached hydrogens (primary N) is 1. The highest BCUT2D eigenvalue weighted by molar-refractivity contribution is 6.33. The number of benzene rings is 2. The quantitative estimate of drug-likeness (QED) is 0.0925. The fourth-order valence-electron chi connectivity index (χ4n) is 4.33. The van der Waals surface area contributed by atoms with Crippen LogP contribution in [0.3, 0.4) is 0 Å². The maximum Gasteiger partial charge on any atom is 0.291 e. The van der Waals surface area contributed by atoms with Crippen molar-refractivity contribution in [3.05, 3.63) is 47.0 Å². The summed E-state index contributed by atoms with van der Waals surface area (Å²) >= 11 is 6.00. The summed E-state index contributed by atoms with van der Waals surface area (Å²) in [6.45, 7) is 8.23. The average molecular weight is 533 g/mol. The molecule has 0 spiro atoms. The van der Waals surface area contributed by atoms with Crippen LogP contribution in [0.15, 0.2) is 36.4 Å². The van der Waals surface area contributed by atoms with Crippen LogP contribution < -0.4 is 15.5 Å². The zero-order valence-electron chi connectivity index (χ0n) is 22.9. The molecule has 0 bridgehead atoms. The predicted octanol–water partition coefficient (Wildman–Crippen LogP) is 8.41. The number of phenolic OH excluding ortho intramolecular Hbond substituents is 1. The lowest BCUT2D eigenvalue weighted by Crippen LogP contribution is -2.40. The molecule has 1 unspecified atom stereocenters. The molecule has 1 atom stereocenters. The number of carbonyl (C=O) groups excluding carboxylic acids is 1. The van der Waals surface area contributed by atoms with Gasteiger partial charge in [-0.2, -0.15) is 5.06 Å². The van der Waals surface area contributed by atoms with E-state index in [0.717, 1.165) is 24.8 Å². The van der Waals surface area contributed by atoms with Crippen molar-refractivity contribution in [3.63, 3.8) is 0 Å². The van der Waals surface area contributed by atoms with E-state index in [0.29, 0.717) is 22.3 Å². The molecule has 0 saturated carbocycles. The van der Waals surface area contributed by atoms with Crippen LogP contribution in [-0.2, 0) is 10.2 Å². The molecule has 0 aliphatic carbocycles. The van der Waals surface area contributed by atoms with Gasteiger partial charge < -0.3 is 15.6 Å². The molecular formula is C30H45ClN2O4. The Morgan fingerprint density at radius 2 is 1.57 bits per heavy atom. The van der Waals surface area contributed by atoms with Gasteiger partial charge in [-0.05, 0) is 54.7 Å². The van der Waals surface area contributed by atoms with Gasteiger partial charge in [0, 0.05) is 5.56 Å². The number of anilines is 2. The zero-order chi connectivity index (χ0) is 27.4. The van der Waals surface area contributed by atoms with Crippen LogP contribution in [0, 0.1) is 0 Å². The van der Waals surface area contributed by atoms with E-state index in [-0.39, 0.29) is 22.5 Å². The van der Waals surface area contributed by atoms with Crippen molar-refractivity contribution in [1.82, 2.24) is 0 Å². The minimum absolute atomic E-state index is 0.179. The Morgan fingerprint density at radius 1 is 0.973 bits per heavy atom. The summed E-state index contributed by atoms with van der Waals surface area (Å²) in [6, 6.07) is 9.51. The third kappa shape index (κ3) is 10.1. The number of aromatic hydroxyl groups is 1. The molecule has 2 aromatic rings. The summed E-state index contributed by atoms with van der Waals surface area (Å²) < 4.78 is 6.13. The maximum atomic E-state index is 13.3. The SMILES string of the molecule is CCCCCCCCCCCCC(Oc1ccc(O)c(C(C)(C)C)c1)C(=O)N(O)c1ccc(Cl)c(N)c1. The largest absolute Gasteiger partial charge is 0.508 e. The van der Waals surface area contributed by atoms with E-state index < -0.39 is 12.0 Å². The molecule has 1 amide bonds. The Labute approximate surface area is 227 Å². The number of rotatable bonds is 15. The number of nitrogens with zero attached hydrogens (tertiary/aromatic N) is 1. The molecule has 0 saturated heterocycles. The first-order valence-corrected chi connectivity index (χ1v) is 14.0. The maximum absolute atomic E-state index is 13.3. The van der Waals surface area contributed by atoms with Crippen molar-refractivity contribution in [2.75, 3.05) is 10.8 Å². The Balaban J connectivity index is 2.06. The number of hydrogen-bond donors (Lipinski definition) is 3. The van der Waals surface area contributed by atoms with Gasteiger partial charge >= 0.3 is 0 Å². The highest BCUT2D eigenvalue weighted by atomic mass is 35.5. The summed E-state index contributed by atoms with van der Waals surface area (Å²) in [5.41, 5.74) is 6.78. The summed E-state index contributed by atoms with van der Waals surface area (Å²) in [4.78, 5) is 13.3. The Hall–Kier alpha value is -2.44. The molecule has 0 heterocycles. The van der Waals surface area contributed by atoms with Crippen molar-refractivity contribution in [3.8, 4) is 11.5 Å². The third-order valence-electron chi connectivity index (χ3n) is 6.58. The molecule has 2 aromatic carbocycles. The molecule has 2 rings (SSSR count). The molecular weight excluding hydrogens is 488 g/mol. The van der Waals surface area contributed by atoms with E-state index in [4.69, 9.17) is 22.1 Å². The molecule has 0 aromatic heterocycles. The van der Waals surface area contributed by atoms with Crippen molar-refractivity contribution in [2.24, 2.45) is 0 Å². The Morgan fingerprint density at radius 3 is 2.14 bits per heavy atom. The monoisotopic (exact) mass is 532 g/mol. The van der Waals surface area contributed by atoms with Gasteiger partial charge in [-0.1, -0.05) is 97.1 Å². The van der Waals surface area contributed by atoms with Crippen molar-refractivity contribution < 1.29 is 19.8 Å². The van der Waals surface area contributed by atoms with Gasteiger partial charge in [0.15, 0.2) is 6.10 Å². The molecule has 0 aliphatic rings. The second kappa shape index (κ2) is 15.1. The van der Waals surface area contributed by atoms with E-state index in [1.807, 2.05) is 20.8 Å². The second-order valence-corrected chi connectivity index (χ2v) is 11.3. The van der Waals surface area contributed by atoms with Crippen molar-refractivity contribution >= 4 is 28.9 Å². The van der Waals surface area contributed by atoms with Crippen LogP contribution in [0.4, 0.5) is 11.4 Å². The first kappa shape index (κ1) is 30.8.